The van der Waals surface area contributed by atoms with Crippen LogP contribution in [0.1, 0.15) is 412 Å². The quantitative estimate of drug-likeness (QED) is 0.0320. The molecule has 0 aromatic carbocycles. The summed E-state index contributed by atoms with van der Waals surface area (Å²) in [6.07, 6.45) is 92.1. The summed E-state index contributed by atoms with van der Waals surface area (Å²) in [5.41, 5.74) is 0. The smallest absolute Gasteiger partial charge is 0.305 e. The van der Waals surface area contributed by atoms with Crippen LogP contribution in [0.5, 0.6) is 0 Å². The summed E-state index contributed by atoms with van der Waals surface area (Å²) in [5, 5.41) is 23.5. The molecule has 0 aliphatic carbocycles. The first-order chi connectivity index (χ1) is 40.5. The van der Waals surface area contributed by atoms with E-state index < -0.39 is 12.1 Å². The fraction of sp³-hybridized carbons (Fsp3) is 0.895. The number of hydrogen-bond donors (Lipinski definition) is 3. The van der Waals surface area contributed by atoms with E-state index in [9.17, 15) is 19.8 Å². The molecule has 0 aromatic rings. The second-order valence-corrected chi connectivity index (χ2v) is 25.6. The number of unbranched alkanes of at least 4 members (excludes halogenated alkanes) is 53. The lowest BCUT2D eigenvalue weighted by Crippen LogP contribution is -2.45. The lowest BCUT2D eigenvalue weighted by Gasteiger charge is -2.22. The van der Waals surface area contributed by atoms with Gasteiger partial charge in [0.15, 0.2) is 0 Å². The third-order valence-corrected chi connectivity index (χ3v) is 17.4. The summed E-state index contributed by atoms with van der Waals surface area (Å²) >= 11 is 0. The van der Waals surface area contributed by atoms with Gasteiger partial charge in [0.1, 0.15) is 0 Å². The predicted molar refractivity (Wildman–Crippen MR) is 361 cm³/mol. The highest BCUT2D eigenvalue weighted by atomic mass is 16.5. The molecule has 0 radical (unpaired) electrons. The van der Waals surface area contributed by atoms with E-state index in [0.717, 1.165) is 51.4 Å². The van der Waals surface area contributed by atoms with Gasteiger partial charge >= 0.3 is 5.97 Å². The number of nitrogens with one attached hydrogen (secondary N) is 1. The van der Waals surface area contributed by atoms with Gasteiger partial charge in [-0.2, -0.15) is 0 Å². The number of aliphatic hydroxyl groups excluding tert-OH is 2. The minimum atomic E-state index is -0.665. The highest BCUT2D eigenvalue weighted by Crippen LogP contribution is 2.19. The molecule has 484 valence electrons. The minimum absolute atomic E-state index is 0.00164. The highest BCUT2D eigenvalue weighted by molar-refractivity contribution is 5.76. The number of carbonyl (C=O) groups is 2. The molecule has 0 saturated heterocycles. The van der Waals surface area contributed by atoms with Crippen molar-refractivity contribution in [3.63, 3.8) is 0 Å². The second kappa shape index (κ2) is 71.6. The lowest BCUT2D eigenvalue weighted by molar-refractivity contribution is -0.143. The Hall–Kier alpha value is -1.92. The SMILES string of the molecule is CCC/C=C\C/C=C\CCCCCCCC(=O)OCCCCCCCCCCCCCC/C=C\CCCCCCCCCCCCCCCC(=O)NC(CO)C(O)CCCCCCCCCCCCCCCCCCCCCCCCC. The number of amides is 1. The van der Waals surface area contributed by atoms with Gasteiger partial charge in [-0.05, 0) is 77.0 Å². The predicted octanol–water partition coefficient (Wildman–Crippen LogP) is 24.3. The van der Waals surface area contributed by atoms with E-state index in [1.165, 1.54) is 327 Å². The molecular formula is C76H145NO5. The molecule has 0 aliphatic rings. The van der Waals surface area contributed by atoms with Crippen LogP contribution in [-0.4, -0.2) is 47.4 Å². The molecule has 3 N–H and O–H groups in total. The number of allylic oxidation sites excluding steroid dienone is 6. The molecule has 82 heavy (non-hydrogen) atoms. The highest BCUT2D eigenvalue weighted by Gasteiger charge is 2.20. The first kappa shape index (κ1) is 80.1. The van der Waals surface area contributed by atoms with Crippen LogP contribution in [0.25, 0.3) is 0 Å². The lowest BCUT2D eigenvalue weighted by atomic mass is 10.0. The summed E-state index contributed by atoms with van der Waals surface area (Å²) < 4.78 is 5.48. The molecule has 0 aromatic heterocycles. The van der Waals surface area contributed by atoms with Gasteiger partial charge < -0.3 is 20.3 Å². The van der Waals surface area contributed by atoms with Crippen molar-refractivity contribution in [3.8, 4) is 0 Å². The molecule has 0 spiro atoms. The van der Waals surface area contributed by atoms with Crippen molar-refractivity contribution in [1.29, 1.82) is 0 Å². The number of hydrogen-bond acceptors (Lipinski definition) is 5. The number of ether oxygens (including phenoxy) is 1. The standard InChI is InChI=1S/C76H145NO5/c1-3-5-7-9-11-13-15-17-18-19-20-21-29-32-35-38-41-45-48-52-56-60-64-68-74(79)73(72-78)77-75(80)69-65-61-57-53-49-46-42-39-36-33-30-27-25-23-22-24-26-28-31-34-37-40-43-47-51-55-59-63-67-71-82-76(81)70-66-62-58-54-50-44-16-14-12-10-8-6-4-2/h8,10,14,16,22,24,73-74,78-79H,3-7,9,11-13,15,17-21,23,25-72H2,1-2H3,(H,77,80)/b10-8-,16-14-,24-22-. The molecule has 0 rings (SSSR count). The van der Waals surface area contributed by atoms with Gasteiger partial charge in [0.2, 0.25) is 5.91 Å². The summed E-state index contributed by atoms with van der Waals surface area (Å²) in [6, 6.07) is -0.542. The Kier molecular flexibility index (Phi) is 69.9. The van der Waals surface area contributed by atoms with Crippen LogP contribution in [0.4, 0.5) is 0 Å². The summed E-state index contributed by atoms with van der Waals surface area (Å²) in [7, 11) is 0. The molecule has 0 aliphatic heterocycles. The van der Waals surface area contributed by atoms with E-state index >= 15 is 0 Å². The number of rotatable bonds is 70. The average molecular weight is 1150 g/mol. The van der Waals surface area contributed by atoms with Crippen LogP contribution in [-0.2, 0) is 14.3 Å². The van der Waals surface area contributed by atoms with Crippen LogP contribution in [0.15, 0.2) is 36.5 Å². The summed E-state index contributed by atoms with van der Waals surface area (Å²) in [5.74, 6) is -0.0278. The average Bonchev–Trinajstić information content (AvgIpc) is 3.48. The summed E-state index contributed by atoms with van der Waals surface area (Å²) in [4.78, 5) is 24.6. The third kappa shape index (κ3) is 67.2. The van der Waals surface area contributed by atoms with Crippen LogP contribution < -0.4 is 5.32 Å². The molecule has 2 unspecified atom stereocenters. The Morgan fingerprint density at radius 3 is 0.988 bits per heavy atom. The van der Waals surface area contributed by atoms with E-state index in [4.69, 9.17) is 4.74 Å². The zero-order valence-electron chi connectivity index (χ0n) is 55.5. The normalized spacial score (nSPS) is 12.7. The van der Waals surface area contributed by atoms with Crippen molar-refractivity contribution < 1.29 is 24.5 Å². The van der Waals surface area contributed by atoms with Gasteiger partial charge in [0, 0.05) is 12.8 Å². The number of carbonyl (C=O) groups excluding carboxylic acids is 2. The maximum Gasteiger partial charge on any atom is 0.305 e. The Morgan fingerprint density at radius 1 is 0.341 bits per heavy atom. The molecule has 0 bridgehead atoms. The van der Waals surface area contributed by atoms with Crippen LogP contribution in [0.2, 0.25) is 0 Å². The van der Waals surface area contributed by atoms with Gasteiger partial charge in [-0.15, -0.1) is 0 Å². The van der Waals surface area contributed by atoms with Crippen LogP contribution in [0.3, 0.4) is 0 Å². The van der Waals surface area contributed by atoms with Gasteiger partial charge in [0.05, 0.1) is 25.4 Å². The van der Waals surface area contributed by atoms with Gasteiger partial charge in [0.25, 0.3) is 0 Å². The maximum absolute atomic E-state index is 12.6. The maximum atomic E-state index is 12.6. The van der Waals surface area contributed by atoms with Gasteiger partial charge in [-0.3, -0.25) is 9.59 Å². The molecule has 0 heterocycles. The minimum Gasteiger partial charge on any atom is -0.466 e. The Bertz CT molecular complexity index is 1330. The third-order valence-electron chi connectivity index (χ3n) is 17.4. The van der Waals surface area contributed by atoms with Gasteiger partial charge in [-0.1, -0.05) is 359 Å². The van der Waals surface area contributed by atoms with Crippen molar-refractivity contribution in [3.05, 3.63) is 36.5 Å². The van der Waals surface area contributed by atoms with E-state index in [-0.39, 0.29) is 18.5 Å². The topological polar surface area (TPSA) is 95.9 Å². The van der Waals surface area contributed by atoms with E-state index in [2.05, 4.69) is 55.6 Å². The Morgan fingerprint density at radius 2 is 0.634 bits per heavy atom. The van der Waals surface area contributed by atoms with Crippen molar-refractivity contribution in [1.82, 2.24) is 5.32 Å². The van der Waals surface area contributed by atoms with Crippen molar-refractivity contribution >= 4 is 11.9 Å². The Balaban J connectivity index is 3.38. The summed E-state index contributed by atoms with van der Waals surface area (Å²) in [6.45, 7) is 4.92. The van der Waals surface area contributed by atoms with Crippen molar-refractivity contribution in [2.75, 3.05) is 13.2 Å². The largest absolute Gasteiger partial charge is 0.466 e. The van der Waals surface area contributed by atoms with Crippen molar-refractivity contribution in [2.45, 2.75) is 424 Å². The molecule has 1 amide bonds. The molecule has 0 fully saturated rings. The molecule has 2 atom stereocenters. The van der Waals surface area contributed by atoms with Crippen LogP contribution in [0, 0.1) is 0 Å². The van der Waals surface area contributed by atoms with Crippen molar-refractivity contribution in [2.24, 2.45) is 0 Å². The second-order valence-electron chi connectivity index (χ2n) is 25.6. The fourth-order valence-electron chi connectivity index (χ4n) is 11.7. The zero-order valence-corrected chi connectivity index (χ0v) is 55.5. The zero-order chi connectivity index (χ0) is 59.2. The molecule has 6 heteroatoms. The molecular weight excluding hydrogens is 1010 g/mol. The Labute approximate surface area is 513 Å². The van der Waals surface area contributed by atoms with E-state index in [1.54, 1.807) is 0 Å². The monoisotopic (exact) mass is 1150 g/mol. The number of aliphatic hydroxyl groups is 2. The molecule has 6 nitrogen and oxygen atoms in total. The first-order valence-corrected chi connectivity index (χ1v) is 37.2. The fourth-order valence-corrected chi connectivity index (χ4v) is 11.7. The number of esters is 1. The molecule has 0 saturated carbocycles. The van der Waals surface area contributed by atoms with E-state index in [0.29, 0.717) is 25.9 Å². The first-order valence-electron chi connectivity index (χ1n) is 37.2. The van der Waals surface area contributed by atoms with Crippen LogP contribution >= 0.6 is 0 Å². The van der Waals surface area contributed by atoms with E-state index in [1.807, 2.05) is 0 Å². The van der Waals surface area contributed by atoms with Gasteiger partial charge in [-0.25, -0.2) is 0 Å².